The second kappa shape index (κ2) is 27.9. The highest BCUT2D eigenvalue weighted by molar-refractivity contribution is 5.90. The number of aromatic hydroxyl groups is 2. The summed E-state index contributed by atoms with van der Waals surface area (Å²) in [6, 6.07) is 18.2. The number of carbonyl (C=O) groups is 5. The van der Waals surface area contributed by atoms with Gasteiger partial charge in [-0.15, -0.1) is 0 Å². The van der Waals surface area contributed by atoms with Gasteiger partial charge in [-0.1, -0.05) is 42.5 Å². The van der Waals surface area contributed by atoms with Gasteiger partial charge in [-0.05, 0) is 59.7 Å². The lowest BCUT2D eigenvalue weighted by Gasteiger charge is -2.50. The van der Waals surface area contributed by atoms with Crippen molar-refractivity contribution >= 4 is 42.0 Å². The zero-order chi connectivity index (χ0) is 58.7. The van der Waals surface area contributed by atoms with Gasteiger partial charge in [-0.2, -0.15) is 0 Å². The van der Waals surface area contributed by atoms with Gasteiger partial charge in [0.05, 0.1) is 18.8 Å². The zero-order valence-corrected chi connectivity index (χ0v) is 43.1. The minimum absolute atomic E-state index is 0.0870. The molecule has 0 aliphatic carbocycles. The number of aliphatic hydroxyl groups excluding tert-OH is 9. The van der Waals surface area contributed by atoms with E-state index in [-0.39, 0.29) is 17.1 Å². The Morgan fingerprint density at radius 1 is 0.519 bits per heavy atom. The SMILES string of the molecule is CC(=O)OC[C@H]1O[C@@H](O[C@@H]2[C@@H](O[C@@H]3O[C@H](CO)[C@@H](O)[C@H](O)[C@H]3O)[C@H](O[C@]3(COC(=O)C=Cc4ccc(O)cc4)O[C@H](CO)[C@@H](O)[C@@H]3OC(=O)c3ccccc3)O[C@H](COC(C)=O)[C@H]2OC(=O)C=Cc2ccc(O)cc2)[C@H](O)[C@@H](O)[C@@H]1O. The lowest BCUT2D eigenvalue weighted by Crippen LogP contribution is -2.69. The van der Waals surface area contributed by atoms with Crippen molar-refractivity contribution in [1.82, 2.24) is 0 Å². The molecule has 4 aliphatic heterocycles. The first kappa shape index (κ1) is 62.1. The highest BCUT2D eigenvalue weighted by Crippen LogP contribution is 2.42. The van der Waals surface area contributed by atoms with E-state index < -0.39 is 179 Å². The topological polar surface area (TPSA) is 419 Å². The molecular formula is C53H62O28. The normalized spacial score (nSPS) is 34.1. The van der Waals surface area contributed by atoms with Crippen LogP contribution in [0.4, 0.5) is 0 Å². The number of ether oxygens (including phenoxy) is 12. The van der Waals surface area contributed by atoms with Crippen LogP contribution in [-0.2, 0) is 76.0 Å². The maximum Gasteiger partial charge on any atom is 0.338 e. The third kappa shape index (κ3) is 15.5. The second-order valence-electron chi connectivity index (χ2n) is 18.9. The number of rotatable bonds is 21. The van der Waals surface area contributed by atoms with Crippen LogP contribution in [0.5, 0.6) is 11.5 Å². The van der Waals surface area contributed by atoms with Gasteiger partial charge in [0.2, 0.25) is 5.79 Å². The van der Waals surface area contributed by atoms with Crippen molar-refractivity contribution in [3.8, 4) is 11.5 Å². The van der Waals surface area contributed by atoms with E-state index in [9.17, 15) is 80.1 Å². The molecule has 0 unspecified atom stereocenters. The van der Waals surface area contributed by atoms with Crippen molar-refractivity contribution in [2.24, 2.45) is 0 Å². The van der Waals surface area contributed by atoms with Crippen LogP contribution in [0, 0.1) is 0 Å². The van der Waals surface area contributed by atoms with Gasteiger partial charge in [0.25, 0.3) is 0 Å². The summed E-state index contributed by atoms with van der Waals surface area (Å²) < 4.78 is 71.2. The highest BCUT2D eigenvalue weighted by atomic mass is 16.8. The molecule has 0 aromatic heterocycles. The molecule has 0 saturated carbocycles. The quantitative estimate of drug-likeness (QED) is 0.0291. The number of benzene rings is 3. The lowest BCUT2D eigenvalue weighted by molar-refractivity contribution is -0.421. The number of hydrogen-bond acceptors (Lipinski definition) is 28. The Hall–Kier alpha value is -6.55. The van der Waals surface area contributed by atoms with Gasteiger partial charge in [0, 0.05) is 26.0 Å². The van der Waals surface area contributed by atoms with Crippen LogP contribution in [0.25, 0.3) is 12.2 Å². The Labute approximate surface area is 460 Å². The summed E-state index contributed by atoms with van der Waals surface area (Å²) in [6.45, 7) is -2.98. The molecule has 81 heavy (non-hydrogen) atoms. The summed E-state index contributed by atoms with van der Waals surface area (Å²) >= 11 is 0. The largest absolute Gasteiger partial charge is 0.508 e. The number of aliphatic hydroxyl groups is 9. The zero-order valence-electron chi connectivity index (χ0n) is 43.1. The summed E-state index contributed by atoms with van der Waals surface area (Å²) in [7, 11) is 0. The van der Waals surface area contributed by atoms with Crippen molar-refractivity contribution < 1.29 is 137 Å². The van der Waals surface area contributed by atoms with Gasteiger partial charge in [0.15, 0.2) is 31.1 Å². The molecule has 28 nitrogen and oxygen atoms in total. The first-order valence-electron chi connectivity index (χ1n) is 25.1. The van der Waals surface area contributed by atoms with Crippen molar-refractivity contribution in [2.75, 3.05) is 33.0 Å². The predicted molar refractivity (Wildman–Crippen MR) is 265 cm³/mol. The average Bonchev–Trinajstić information content (AvgIpc) is 3.58. The van der Waals surface area contributed by atoms with Gasteiger partial charge >= 0.3 is 29.8 Å². The van der Waals surface area contributed by atoms with E-state index >= 15 is 0 Å². The molecule has 0 bridgehead atoms. The van der Waals surface area contributed by atoms with Gasteiger partial charge in [-0.25, -0.2) is 14.4 Å². The monoisotopic (exact) mass is 1150 g/mol. The fraction of sp³-hybridized carbons (Fsp3) is 0.491. The maximum absolute atomic E-state index is 14.0. The standard InChI is InChI=1S/C53H62O28/c1-25(56)70-22-34-39(63)42(66)44(68)51(74-34)77-46-45(76-37(61)19-13-28-10-16-31(59)17-11-28)35(23-71-26(2)57)75-52(47(46)78-50-43(67)41(65)38(62)32(20-54)73-50)81-53(24-72-36(60)18-12-27-8-14-30(58)15-9-27)48(40(64)33(21-55)80-53)79-49(69)29-6-4-3-5-7-29/h3-19,32-35,38-48,50-52,54-55,58-59,62-68H,20-24H2,1-2H3/t32-,33-,34-,35-,38-,39-,40-,41+,42+,43-,44-,45-,46+,47-,48+,50+,51+,52+,53+/m1/s1. The molecule has 11 N–H and O–H groups in total. The summed E-state index contributed by atoms with van der Waals surface area (Å²) in [5.74, 6) is -8.49. The average molecular weight is 1150 g/mol. The van der Waals surface area contributed by atoms with Crippen molar-refractivity contribution in [2.45, 2.75) is 130 Å². The van der Waals surface area contributed by atoms with Crippen LogP contribution >= 0.6 is 0 Å². The smallest absolute Gasteiger partial charge is 0.338 e. The summed E-state index contributed by atoms with van der Waals surface area (Å²) in [5, 5.41) is 119. The van der Waals surface area contributed by atoms with Crippen LogP contribution in [0.3, 0.4) is 0 Å². The Morgan fingerprint density at radius 3 is 1.56 bits per heavy atom. The molecule has 4 saturated heterocycles. The van der Waals surface area contributed by atoms with Gasteiger partial charge < -0.3 is 113 Å². The first-order valence-corrected chi connectivity index (χ1v) is 25.1. The van der Waals surface area contributed by atoms with Crippen molar-refractivity contribution in [1.29, 1.82) is 0 Å². The molecule has 442 valence electrons. The van der Waals surface area contributed by atoms with Crippen molar-refractivity contribution in [3.05, 3.63) is 108 Å². The van der Waals surface area contributed by atoms with Crippen LogP contribution in [-0.4, -0.2) is 235 Å². The Morgan fingerprint density at radius 2 is 1.01 bits per heavy atom. The van der Waals surface area contributed by atoms with E-state index in [1.807, 2.05) is 0 Å². The predicted octanol–water partition coefficient (Wildman–Crippen LogP) is -2.80. The Balaban J connectivity index is 1.39. The molecule has 0 radical (unpaired) electrons. The van der Waals surface area contributed by atoms with Gasteiger partial charge in [-0.3, -0.25) is 9.59 Å². The molecule has 0 spiro atoms. The van der Waals surface area contributed by atoms with E-state index in [0.29, 0.717) is 11.1 Å². The highest BCUT2D eigenvalue weighted by Gasteiger charge is 2.64. The number of esters is 5. The molecule has 4 aliphatic rings. The minimum atomic E-state index is -2.91. The van der Waals surface area contributed by atoms with E-state index in [0.717, 1.165) is 26.0 Å². The molecule has 0 amide bonds. The molecule has 28 heteroatoms. The van der Waals surface area contributed by atoms with E-state index in [1.54, 1.807) is 6.07 Å². The Kier molecular flexibility index (Phi) is 21.4. The van der Waals surface area contributed by atoms with Crippen LogP contribution in [0.1, 0.15) is 35.3 Å². The maximum atomic E-state index is 14.0. The van der Waals surface area contributed by atoms with Gasteiger partial charge in [0.1, 0.15) is 111 Å². The van der Waals surface area contributed by atoms with Crippen molar-refractivity contribution in [3.63, 3.8) is 0 Å². The molecule has 7 rings (SSSR count). The van der Waals surface area contributed by atoms with Crippen LogP contribution in [0.2, 0.25) is 0 Å². The summed E-state index contributed by atoms with van der Waals surface area (Å²) in [6.07, 6.45) is -33.4. The third-order valence-corrected chi connectivity index (χ3v) is 13.1. The summed E-state index contributed by atoms with van der Waals surface area (Å²) in [5.41, 5.74) is 0.632. The molecule has 4 fully saturated rings. The number of carbonyl (C=O) groups excluding carboxylic acids is 5. The molecule has 3 aromatic rings. The fourth-order valence-electron chi connectivity index (χ4n) is 8.85. The number of phenols is 2. The van der Waals surface area contributed by atoms with Crippen LogP contribution < -0.4 is 0 Å². The van der Waals surface area contributed by atoms with E-state index in [2.05, 4.69) is 0 Å². The molecule has 4 heterocycles. The molecule has 19 atom stereocenters. The van der Waals surface area contributed by atoms with E-state index in [4.69, 9.17) is 56.8 Å². The second-order valence-corrected chi connectivity index (χ2v) is 18.9. The number of hydrogen-bond donors (Lipinski definition) is 11. The van der Waals surface area contributed by atoms with E-state index in [1.165, 1.54) is 84.9 Å². The lowest BCUT2D eigenvalue weighted by atomic mass is 9.95. The summed E-state index contributed by atoms with van der Waals surface area (Å²) in [4.78, 5) is 66.1. The molecule has 3 aromatic carbocycles. The van der Waals surface area contributed by atoms with Crippen LogP contribution in [0.15, 0.2) is 91.0 Å². The number of phenolic OH excluding ortho intramolecular Hbond substituents is 2. The minimum Gasteiger partial charge on any atom is -0.508 e. The fourth-order valence-corrected chi connectivity index (χ4v) is 8.85. The first-order chi connectivity index (χ1) is 38.6. The third-order valence-electron chi connectivity index (χ3n) is 13.1. The Bertz CT molecular complexity index is 2630. The molecular weight excluding hydrogens is 1080 g/mol.